The monoisotopic (exact) mass is 401 g/mol. The van der Waals surface area contributed by atoms with Crippen molar-refractivity contribution in [1.82, 2.24) is 10.2 Å². The quantitative estimate of drug-likeness (QED) is 0.808. The summed E-state index contributed by atoms with van der Waals surface area (Å²) in [7, 11) is 1.64. The van der Waals surface area contributed by atoms with Gasteiger partial charge in [0.15, 0.2) is 0 Å². The lowest BCUT2D eigenvalue weighted by Gasteiger charge is -2.32. The van der Waals surface area contributed by atoms with Crippen LogP contribution in [0.5, 0.6) is 0 Å². The number of carbonyl (C=O) groups is 2. The predicted molar refractivity (Wildman–Crippen MR) is 115 cm³/mol. The highest BCUT2D eigenvalue weighted by molar-refractivity contribution is 5.94. The van der Waals surface area contributed by atoms with Crippen molar-refractivity contribution in [2.24, 2.45) is 11.7 Å². The Morgan fingerprint density at radius 1 is 1.07 bits per heavy atom. The van der Waals surface area contributed by atoms with Crippen molar-refractivity contribution in [2.75, 3.05) is 26.7 Å². The molecular weight excluding hydrogens is 374 g/mol. The number of nitrogens with two attached hydrogens (primary N) is 1. The number of amides is 2. The van der Waals surface area contributed by atoms with E-state index in [1.807, 2.05) is 53.4 Å². The lowest BCUT2D eigenvalue weighted by molar-refractivity contribution is -0.119. The van der Waals surface area contributed by atoms with Gasteiger partial charge in [-0.1, -0.05) is 36.4 Å². The summed E-state index contributed by atoms with van der Waals surface area (Å²) in [6.45, 7) is 2.20. The first-order valence-electron chi connectivity index (χ1n) is 9.50. The third kappa shape index (κ3) is 5.33. The minimum atomic E-state index is 0. The topological polar surface area (TPSA) is 75.4 Å². The number of benzene rings is 2. The number of likely N-dealkylation sites (N-methyl/N-ethyl adjacent to an activating group) is 1. The van der Waals surface area contributed by atoms with Gasteiger partial charge < -0.3 is 16.0 Å². The van der Waals surface area contributed by atoms with Crippen LogP contribution in [0.1, 0.15) is 28.8 Å². The summed E-state index contributed by atoms with van der Waals surface area (Å²) in [4.78, 5) is 26.1. The van der Waals surface area contributed by atoms with Crippen LogP contribution < -0.4 is 11.1 Å². The van der Waals surface area contributed by atoms with Gasteiger partial charge in [0, 0.05) is 25.7 Å². The number of rotatable bonds is 5. The molecular formula is C22H28ClN3O2. The molecule has 0 aromatic heterocycles. The van der Waals surface area contributed by atoms with E-state index < -0.39 is 0 Å². The Morgan fingerprint density at radius 2 is 1.68 bits per heavy atom. The summed E-state index contributed by atoms with van der Waals surface area (Å²) in [5.74, 6) is 0.496. The lowest BCUT2D eigenvalue weighted by atomic mass is 9.97. The van der Waals surface area contributed by atoms with Gasteiger partial charge in [0.1, 0.15) is 0 Å². The van der Waals surface area contributed by atoms with Gasteiger partial charge in [-0.2, -0.15) is 0 Å². The van der Waals surface area contributed by atoms with E-state index >= 15 is 0 Å². The zero-order valence-electron chi connectivity index (χ0n) is 16.2. The molecule has 1 fully saturated rings. The highest BCUT2D eigenvalue weighted by Gasteiger charge is 2.23. The van der Waals surface area contributed by atoms with Gasteiger partial charge in [-0.05, 0) is 54.1 Å². The van der Waals surface area contributed by atoms with E-state index in [2.05, 4.69) is 5.32 Å². The van der Waals surface area contributed by atoms with Crippen LogP contribution in [0.3, 0.4) is 0 Å². The third-order valence-corrected chi connectivity index (χ3v) is 5.20. The first-order valence-corrected chi connectivity index (χ1v) is 9.50. The van der Waals surface area contributed by atoms with Crippen molar-refractivity contribution in [3.63, 3.8) is 0 Å². The molecule has 0 bridgehead atoms. The number of likely N-dealkylation sites (tertiary alicyclic amines) is 1. The van der Waals surface area contributed by atoms with Crippen LogP contribution in [0.2, 0.25) is 0 Å². The van der Waals surface area contributed by atoms with Gasteiger partial charge in [-0.25, -0.2) is 0 Å². The van der Waals surface area contributed by atoms with E-state index in [4.69, 9.17) is 5.73 Å². The molecule has 6 heteroatoms. The number of carbonyl (C=O) groups excluding carboxylic acids is 2. The molecule has 28 heavy (non-hydrogen) atoms. The molecule has 5 nitrogen and oxygen atoms in total. The van der Waals surface area contributed by atoms with Crippen LogP contribution in [0.25, 0.3) is 11.1 Å². The zero-order chi connectivity index (χ0) is 19.2. The maximum absolute atomic E-state index is 12.7. The Morgan fingerprint density at radius 3 is 2.25 bits per heavy atom. The van der Waals surface area contributed by atoms with Gasteiger partial charge >= 0.3 is 0 Å². The van der Waals surface area contributed by atoms with Gasteiger partial charge in [-0.3, -0.25) is 9.59 Å². The SMILES string of the molecule is CNC(=O)Cc1ccc(-c2ccc(C(=O)N3CCCC(CN)C3)cc2)cc1.Cl. The second-order valence-corrected chi connectivity index (χ2v) is 7.12. The van der Waals surface area contributed by atoms with E-state index in [9.17, 15) is 9.59 Å². The lowest BCUT2D eigenvalue weighted by Crippen LogP contribution is -2.42. The number of hydrogen-bond donors (Lipinski definition) is 2. The molecule has 0 spiro atoms. The molecule has 0 aliphatic carbocycles. The van der Waals surface area contributed by atoms with E-state index in [0.717, 1.165) is 42.6 Å². The molecule has 3 rings (SSSR count). The molecule has 150 valence electrons. The second-order valence-electron chi connectivity index (χ2n) is 7.12. The average molecular weight is 402 g/mol. The summed E-state index contributed by atoms with van der Waals surface area (Å²) < 4.78 is 0. The minimum Gasteiger partial charge on any atom is -0.359 e. The summed E-state index contributed by atoms with van der Waals surface area (Å²) in [6, 6.07) is 15.7. The fourth-order valence-electron chi connectivity index (χ4n) is 3.52. The van der Waals surface area contributed by atoms with Crippen LogP contribution in [0.15, 0.2) is 48.5 Å². The fourth-order valence-corrected chi connectivity index (χ4v) is 3.52. The molecule has 1 saturated heterocycles. The van der Waals surface area contributed by atoms with E-state index in [1.54, 1.807) is 7.05 Å². The molecule has 1 unspecified atom stereocenters. The van der Waals surface area contributed by atoms with Gasteiger partial charge in [-0.15, -0.1) is 12.4 Å². The average Bonchev–Trinajstić information content (AvgIpc) is 2.74. The maximum Gasteiger partial charge on any atom is 0.253 e. The molecule has 0 saturated carbocycles. The minimum absolute atomic E-state index is 0. The molecule has 2 aromatic carbocycles. The summed E-state index contributed by atoms with van der Waals surface area (Å²) in [6.07, 6.45) is 2.51. The van der Waals surface area contributed by atoms with Crippen molar-refractivity contribution in [2.45, 2.75) is 19.3 Å². The number of nitrogens with zero attached hydrogens (tertiary/aromatic N) is 1. The Bertz CT molecular complexity index is 790. The molecule has 1 aliphatic rings. The first kappa shape index (κ1) is 21.9. The Labute approximate surface area is 172 Å². The molecule has 1 aliphatic heterocycles. The number of nitrogens with one attached hydrogen (secondary N) is 1. The van der Waals surface area contributed by atoms with E-state index in [1.165, 1.54) is 0 Å². The van der Waals surface area contributed by atoms with Crippen LogP contribution in [0.4, 0.5) is 0 Å². The highest BCUT2D eigenvalue weighted by Crippen LogP contribution is 2.22. The van der Waals surface area contributed by atoms with Crippen molar-refractivity contribution >= 4 is 24.2 Å². The third-order valence-electron chi connectivity index (χ3n) is 5.20. The van der Waals surface area contributed by atoms with Crippen LogP contribution in [-0.4, -0.2) is 43.4 Å². The fraction of sp³-hybridized carbons (Fsp3) is 0.364. The van der Waals surface area contributed by atoms with Gasteiger partial charge in [0.25, 0.3) is 5.91 Å². The van der Waals surface area contributed by atoms with Crippen LogP contribution in [-0.2, 0) is 11.2 Å². The maximum atomic E-state index is 12.7. The standard InChI is InChI=1S/C22H27N3O2.ClH/c1-24-21(26)13-16-4-6-18(7-5-16)19-8-10-20(11-9-19)22(27)25-12-2-3-17(14-23)15-25;/h4-11,17H,2-3,12-15,23H2,1H3,(H,24,26);1H. The van der Waals surface area contributed by atoms with E-state index in [-0.39, 0.29) is 24.2 Å². The molecule has 2 amide bonds. The predicted octanol–water partition coefficient (Wildman–Crippen LogP) is 2.87. The Kier molecular flexibility index (Phi) is 8.03. The van der Waals surface area contributed by atoms with Gasteiger partial charge in [0.2, 0.25) is 5.91 Å². The second kappa shape index (κ2) is 10.2. The number of halogens is 1. The Balaban J connectivity index is 0.00000280. The highest BCUT2D eigenvalue weighted by atomic mass is 35.5. The molecule has 3 N–H and O–H groups in total. The Hall–Kier alpha value is -2.37. The summed E-state index contributed by atoms with van der Waals surface area (Å²) >= 11 is 0. The largest absolute Gasteiger partial charge is 0.359 e. The van der Waals surface area contributed by atoms with Crippen molar-refractivity contribution in [3.8, 4) is 11.1 Å². The zero-order valence-corrected chi connectivity index (χ0v) is 17.0. The van der Waals surface area contributed by atoms with Crippen molar-refractivity contribution in [1.29, 1.82) is 0 Å². The van der Waals surface area contributed by atoms with Crippen LogP contribution >= 0.6 is 12.4 Å². The smallest absolute Gasteiger partial charge is 0.253 e. The molecule has 1 atom stereocenters. The summed E-state index contributed by atoms with van der Waals surface area (Å²) in [5.41, 5.74) is 9.58. The molecule has 0 radical (unpaired) electrons. The normalized spacial score (nSPS) is 16.2. The number of hydrogen-bond acceptors (Lipinski definition) is 3. The van der Waals surface area contributed by atoms with Gasteiger partial charge in [0.05, 0.1) is 6.42 Å². The summed E-state index contributed by atoms with van der Waals surface area (Å²) in [5, 5.41) is 2.63. The number of piperidine rings is 1. The van der Waals surface area contributed by atoms with Crippen LogP contribution in [0, 0.1) is 5.92 Å². The molecule has 2 aromatic rings. The van der Waals surface area contributed by atoms with Crippen molar-refractivity contribution < 1.29 is 9.59 Å². The first-order chi connectivity index (χ1) is 13.1. The molecule has 1 heterocycles. The van der Waals surface area contributed by atoms with E-state index in [0.29, 0.717) is 24.4 Å². The van der Waals surface area contributed by atoms with Crippen molar-refractivity contribution in [3.05, 3.63) is 59.7 Å².